The second-order valence-corrected chi connectivity index (χ2v) is 5.10. The summed E-state index contributed by atoms with van der Waals surface area (Å²) in [7, 11) is 0. The molecule has 0 radical (unpaired) electrons. The predicted octanol–water partition coefficient (Wildman–Crippen LogP) is 3.72. The van der Waals surface area contributed by atoms with Gasteiger partial charge in [-0.1, -0.05) is 15.9 Å². The molecule has 1 aliphatic rings. The summed E-state index contributed by atoms with van der Waals surface area (Å²) in [6.07, 6.45) is 0.941. The molecule has 4 heteroatoms. The fourth-order valence-corrected chi connectivity index (χ4v) is 1.95. The van der Waals surface area contributed by atoms with E-state index in [4.69, 9.17) is 9.47 Å². The third-order valence-electron chi connectivity index (χ3n) is 2.62. The summed E-state index contributed by atoms with van der Waals surface area (Å²) in [5.74, 6) is 1.71. The Morgan fingerprint density at radius 1 is 1.39 bits per heavy atom. The number of ether oxygens (including phenoxy) is 2. The van der Waals surface area contributed by atoms with E-state index < -0.39 is 0 Å². The van der Waals surface area contributed by atoms with E-state index in [2.05, 4.69) is 15.9 Å². The smallest absolute Gasteiger partial charge is 0.231 e. The molecule has 0 spiro atoms. The minimum Gasteiger partial charge on any atom is -0.493 e. The van der Waals surface area contributed by atoms with Crippen molar-refractivity contribution in [2.75, 3.05) is 11.9 Å². The van der Waals surface area contributed by atoms with Gasteiger partial charge >= 0.3 is 0 Å². The average molecular weight is 311 g/mol. The van der Waals surface area contributed by atoms with E-state index in [-0.39, 0.29) is 5.78 Å². The minimum absolute atomic E-state index is 0.0444. The zero-order valence-corrected chi connectivity index (χ0v) is 12.0. The van der Waals surface area contributed by atoms with E-state index in [0.717, 1.165) is 23.1 Å². The maximum atomic E-state index is 12.0. The number of fused-ring (bicyclic) bond motifs is 1. The van der Waals surface area contributed by atoms with Crippen LogP contribution in [0.2, 0.25) is 0 Å². The van der Waals surface area contributed by atoms with Gasteiger partial charge in [0.2, 0.25) is 5.78 Å². The molecule has 3 nitrogen and oxygen atoms in total. The Morgan fingerprint density at radius 3 is 2.83 bits per heavy atom. The fourth-order valence-electron chi connectivity index (χ4n) is 1.72. The van der Waals surface area contributed by atoms with Crippen molar-refractivity contribution in [1.29, 1.82) is 0 Å². The number of benzene rings is 1. The quantitative estimate of drug-likeness (QED) is 0.483. The first kappa shape index (κ1) is 13.1. The van der Waals surface area contributed by atoms with Crippen LogP contribution >= 0.6 is 15.9 Å². The molecule has 18 heavy (non-hydrogen) atoms. The number of halogens is 1. The van der Waals surface area contributed by atoms with E-state index in [9.17, 15) is 4.79 Å². The van der Waals surface area contributed by atoms with Crippen molar-refractivity contribution in [2.45, 2.75) is 20.3 Å². The number of alkyl halides is 1. The van der Waals surface area contributed by atoms with E-state index in [1.807, 2.05) is 19.9 Å². The molecule has 0 saturated heterocycles. The summed E-state index contributed by atoms with van der Waals surface area (Å²) in [4.78, 5) is 12.0. The third-order valence-corrected chi connectivity index (χ3v) is 3.18. The molecule has 0 amide bonds. The molecule has 1 aromatic carbocycles. The van der Waals surface area contributed by atoms with Crippen LogP contribution in [0.5, 0.6) is 11.5 Å². The van der Waals surface area contributed by atoms with Crippen molar-refractivity contribution in [2.24, 2.45) is 0 Å². The highest BCUT2D eigenvalue weighted by Crippen LogP contribution is 2.35. The Morgan fingerprint density at radius 2 is 2.17 bits per heavy atom. The molecule has 0 unspecified atom stereocenters. The molecule has 0 aliphatic carbocycles. The lowest BCUT2D eigenvalue weighted by Gasteiger charge is -2.06. The highest BCUT2D eigenvalue weighted by Gasteiger charge is 2.28. The van der Waals surface area contributed by atoms with Crippen LogP contribution in [0.25, 0.3) is 0 Å². The molecule has 2 rings (SSSR count). The monoisotopic (exact) mass is 310 g/mol. The molecular formula is C14H15BrO3. The standard InChI is InChI=1S/C14H15BrO3/c1-9(2)14-13(16)11-5-4-10(8-12(11)18-14)17-7-3-6-15/h4-5,8H,3,6-7H2,1-2H3. The zero-order chi connectivity index (χ0) is 13.1. The van der Waals surface area contributed by atoms with Gasteiger partial charge in [0, 0.05) is 11.4 Å². The highest BCUT2D eigenvalue weighted by molar-refractivity contribution is 9.09. The van der Waals surface area contributed by atoms with Crippen LogP contribution in [-0.2, 0) is 0 Å². The Bertz CT molecular complexity index is 502. The lowest BCUT2D eigenvalue weighted by molar-refractivity contribution is 0.101. The van der Waals surface area contributed by atoms with Crippen molar-refractivity contribution in [3.63, 3.8) is 0 Å². The lowest BCUT2D eigenvalue weighted by Crippen LogP contribution is -2.00. The Labute approximate surface area is 115 Å². The maximum Gasteiger partial charge on any atom is 0.231 e. The number of Topliss-reactive ketones (excluding diaryl/α,β-unsaturated/α-hetero) is 1. The first-order valence-corrected chi connectivity index (χ1v) is 6.98. The molecule has 96 valence electrons. The van der Waals surface area contributed by atoms with Gasteiger partial charge in [0.05, 0.1) is 12.2 Å². The summed E-state index contributed by atoms with van der Waals surface area (Å²) in [6.45, 7) is 4.38. The topological polar surface area (TPSA) is 35.5 Å². The molecule has 0 N–H and O–H groups in total. The highest BCUT2D eigenvalue weighted by atomic mass is 79.9. The van der Waals surface area contributed by atoms with Gasteiger partial charge in [-0.05, 0) is 38.0 Å². The van der Waals surface area contributed by atoms with Crippen LogP contribution in [0, 0.1) is 0 Å². The van der Waals surface area contributed by atoms with Gasteiger partial charge < -0.3 is 9.47 Å². The summed E-state index contributed by atoms with van der Waals surface area (Å²) in [6, 6.07) is 5.34. The summed E-state index contributed by atoms with van der Waals surface area (Å²) in [5.41, 5.74) is 1.50. The van der Waals surface area contributed by atoms with Gasteiger partial charge in [0.15, 0.2) is 5.76 Å². The molecule has 0 aromatic heterocycles. The molecular weight excluding hydrogens is 296 g/mol. The maximum absolute atomic E-state index is 12.0. The van der Waals surface area contributed by atoms with Gasteiger partial charge in [-0.2, -0.15) is 0 Å². The molecule has 1 heterocycles. The molecule has 1 aromatic rings. The van der Waals surface area contributed by atoms with Crippen molar-refractivity contribution in [3.8, 4) is 11.5 Å². The number of hydrogen-bond acceptors (Lipinski definition) is 3. The molecule has 0 atom stereocenters. The second-order valence-electron chi connectivity index (χ2n) is 4.31. The van der Waals surface area contributed by atoms with Crippen LogP contribution in [0.15, 0.2) is 29.5 Å². The first-order chi connectivity index (χ1) is 8.63. The third kappa shape index (κ3) is 2.58. The molecule has 0 fully saturated rings. The van der Waals surface area contributed by atoms with E-state index >= 15 is 0 Å². The summed E-state index contributed by atoms with van der Waals surface area (Å²) in [5, 5.41) is 0.912. The van der Waals surface area contributed by atoms with Gasteiger partial charge in [-0.25, -0.2) is 0 Å². The van der Waals surface area contributed by atoms with Crippen LogP contribution in [0.3, 0.4) is 0 Å². The van der Waals surface area contributed by atoms with Crippen molar-refractivity contribution in [1.82, 2.24) is 0 Å². The number of carbonyl (C=O) groups excluding carboxylic acids is 1. The zero-order valence-electron chi connectivity index (χ0n) is 10.5. The van der Waals surface area contributed by atoms with Crippen molar-refractivity contribution < 1.29 is 14.3 Å². The van der Waals surface area contributed by atoms with Crippen LogP contribution in [-0.4, -0.2) is 17.7 Å². The van der Waals surface area contributed by atoms with Gasteiger partial charge in [0.1, 0.15) is 11.5 Å². The van der Waals surface area contributed by atoms with Crippen LogP contribution in [0.1, 0.15) is 30.6 Å². The lowest BCUT2D eigenvalue weighted by atomic mass is 10.1. The minimum atomic E-state index is -0.0444. The van der Waals surface area contributed by atoms with Gasteiger partial charge in [0.25, 0.3) is 0 Å². The number of hydrogen-bond donors (Lipinski definition) is 0. The van der Waals surface area contributed by atoms with Gasteiger partial charge in [-0.3, -0.25) is 4.79 Å². The predicted molar refractivity (Wildman–Crippen MR) is 73.7 cm³/mol. The van der Waals surface area contributed by atoms with Gasteiger partial charge in [-0.15, -0.1) is 0 Å². The number of carbonyl (C=O) groups is 1. The number of rotatable bonds is 4. The normalized spacial score (nSPS) is 13.3. The summed E-state index contributed by atoms with van der Waals surface area (Å²) < 4.78 is 11.1. The van der Waals surface area contributed by atoms with Crippen LogP contribution in [0.4, 0.5) is 0 Å². The molecule has 1 aliphatic heterocycles. The summed E-state index contributed by atoms with van der Waals surface area (Å²) >= 11 is 3.35. The SMILES string of the molecule is CC(C)=C1Oc2cc(OCCCBr)ccc2C1=O. The Hall–Kier alpha value is -1.29. The van der Waals surface area contributed by atoms with E-state index in [0.29, 0.717) is 23.7 Å². The average Bonchev–Trinajstić information content (AvgIpc) is 2.67. The molecule has 0 saturated carbocycles. The van der Waals surface area contributed by atoms with Crippen molar-refractivity contribution in [3.05, 3.63) is 35.1 Å². The molecule has 0 bridgehead atoms. The van der Waals surface area contributed by atoms with Crippen LogP contribution < -0.4 is 9.47 Å². The fraction of sp³-hybridized carbons (Fsp3) is 0.357. The Balaban J connectivity index is 2.19. The number of allylic oxidation sites excluding steroid dienone is 2. The largest absolute Gasteiger partial charge is 0.493 e. The first-order valence-electron chi connectivity index (χ1n) is 5.86. The van der Waals surface area contributed by atoms with E-state index in [1.165, 1.54) is 0 Å². The Kier molecular flexibility index (Phi) is 4.07. The second kappa shape index (κ2) is 5.57. The van der Waals surface area contributed by atoms with E-state index in [1.54, 1.807) is 12.1 Å². The van der Waals surface area contributed by atoms with Crippen molar-refractivity contribution >= 4 is 21.7 Å². The number of ketones is 1.